The highest BCUT2D eigenvalue weighted by atomic mass is 35.5. The van der Waals surface area contributed by atoms with Crippen LogP contribution >= 0.6 is 11.6 Å². The fourth-order valence-corrected chi connectivity index (χ4v) is 1.16. The number of aromatic nitrogens is 1. The summed E-state index contributed by atoms with van der Waals surface area (Å²) >= 11 is 5.75. The highest BCUT2D eigenvalue weighted by Crippen LogP contribution is 2.20. The minimum absolute atomic E-state index is 0.578. The number of halogens is 1. The molecule has 0 bridgehead atoms. The first-order valence-electron chi connectivity index (χ1n) is 3.87. The van der Waals surface area contributed by atoms with Crippen LogP contribution in [0.25, 0.3) is 11.5 Å². The molecular weight excluding hydrogens is 186 g/mol. The van der Waals surface area contributed by atoms with E-state index in [2.05, 4.69) is 11.2 Å². The van der Waals surface area contributed by atoms with E-state index in [0.29, 0.717) is 16.7 Å². The summed E-state index contributed by atoms with van der Waals surface area (Å²) in [7, 11) is 0. The summed E-state index contributed by atoms with van der Waals surface area (Å²) in [5.74, 6) is 1.26. The topological polar surface area (TPSA) is 26.0 Å². The normalized spacial score (nSPS) is 10.3. The van der Waals surface area contributed by atoms with E-state index in [4.69, 9.17) is 16.0 Å². The molecule has 2 nitrogen and oxygen atoms in total. The van der Waals surface area contributed by atoms with E-state index in [1.807, 2.05) is 19.1 Å². The van der Waals surface area contributed by atoms with Crippen LogP contribution in [0.4, 0.5) is 0 Å². The Kier molecular flexibility index (Phi) is 2.07. The lowest BCUT2D eigenvalue weighted by molar-refractivity contribution is 0.542. The Morgan fingerprint density at radius 2 is 2.00 bits per heavy atom. The summed E-state index contributed by atoms with van der Waals surface area (Å²) in [6.45, 7) is 1.81. The molecule has 0 aliphatic rings. The van der Waals surface area contributed by atoms with Crippen molar-refractivity contribution < 1.29 is 4.42 Å². The van der Waals surface area contributed by atoms with Crippen molar-refractivity contribution in [3.63, 3.8) is 0 Å². The first kappa shape index (κ1) is 8.32. The summed E-state index contributed by atoms with van der Waals surface area (Å²) in [6, 6.07) is 7.33. The lowest BCUT2D eigenvalue weighted by atomic mass is 10.2. The largest absolute Gasteiger partial charge is 0.441 e. The van der Waals surface area contributed by atoms with Gasteiger partial charge >= 0.3 is 0 Å². The Balaban J connectivity index is 2.41. The summed E-state index contributed by atoms with van der Waals surface area (Å²) < 4.78 is 5.30. The van der Waals surface area contributed by atoms with E-state index in [1.165, 1.54) is 0 Å². The smallest absolute Gasteiger partial charge is 0.226 e. The number of nitrogens with zero attached hydrogens (tertiary/aromatic N) is 1. The molecule has 0 saturated heterocycles. The molecule has 0 atom stereocenters. The molecule has 1 heterocycles. The van der Waals surface area contributed by atoms with Crippen molar-refractivity contribution in [3.8, 4) is 11.5 Å². The second-order valence-electron chi connectivity index (χ2n) is 2.69. The van der Waals surface area contributed by atoms with Crippen LogP contribution in [0.2, 0.25) is 5.02 Å². The van der Waals surface area contributed by atoms with Gasteiger partial charge < -0.3 is 4.42 Å². The standard InChI is InChI=1S/C10H7ClNO/c1-7-6-12-10(13-7)8-2-4-9(11)5-3-8/h2-5H,1H3. The minimum Gasteiger partial charge on any atom is -0.441 e. The van der Waals surface area contributed by atoms with E-state index in [0.717, 1.165) is 5.56 Å². The summed E-state index contributed by atoms with van der Waals surface area (Å²) in [4.78, 5) is 3.98. The predicted molar refractivity (Wildman–Crippen MR) is 50.5 cm³/mol. The van der Waals surface area contributed by atoms with E-state index in [1.54, 1.807) is 12.1 Å². The van der Waals surface area contributed by atoms with Crippen molar-refractivity contribution in [3.05, 3.63) is 41.2 Å². The van der Waals surface area contributed by atoms with Gasteiger partial charge in [-0.3, -0.25) is 0 Å². The highest BCUT2D eigenvalue weighted by molar-refractivity contribution is 6.30. The zero-order valence-corrected chi connectivity index (χ0v) is 7.80. The van der Waals surface area contributed by atoms with Gasteiger partial charge in [0.2, 0.25) is 5.89 Å². The number of hydrogen-bond acceptors (Lipinski definition) is 2. The first-order valence-corrected chi connectivity index (χ1v) is 4.24. The monoisotopic (exact) mass is 192 g/mol. The second-order valence-corrected chi connectivity index (χ2v) is 3.13. The van der Waals surface area contributed by atoms with Crippen LogP contribution in [0.3, 0.4) is 0 Å². The zero-order chi connectivity index (χ0) is 9.26. The van der Waals surface area contributed by atoms with Gasteiger partial charge in [0.15, 0.2) is 0 Å². The van der Waals surface area contributed by atoms with Gasteiger partial charge in [-0.15, -0.1) is 0 Å². The third-order valence-electron chi connectivity index (χ3n) is 1.66. The Morgan fingerprint density at radius 3 is 2.54 bits per heavy atom. The average molecular weight is 193 g/mol. The predicted octanol–water partition coefficient (Wildman–Crippen LogP) is 3.10. The summed E-state index contributed by atoms with van der Waals surface area (Å²) in [5.41, 5.74) is 0.911. The average Bonchev–Trinajstić information content (AvgIpc) is 2.53. The zero-order valence-electron chi connectivity index (χ0n) is 7.04. The van der Waals surface area contributed by atoms with Gasteiger partial charge in [-0.2, -0.15) is 0 Å². The van der Waals surface area contributed by atoms with Crippen LogP contribution < -0.4 is 0 Å². The van der Waals surface area contributed by atoms with Crippen LogP contribution in [-0.2, 0) is 0 Å². The first-order chi connectivity index (χ1) is 6.25. The Morgan fingerprint density at radius 1 is 1.31 bits per heavy atom. The maximum atomic E-state index is 5.75. The molecule has 0 spiro atoms. The summed E-state index contributed by atoms with van der Waals surface area (Å²) in [5, 5.41) is 0.705. The van der Waals surface area contributed by atoms with Gasteiger partial charge in [0.25, 0.3) is 0 Å². The minimum atomic E-state index is 0.578. The lowest BCUT2D eigenvalue weighted by Crippen LogP contribution is -1.75. The van der Waals surface area contributed by atoms with Crippen molar-refractivity contribution in [2.24, 2.45) is 0 Å². The Hall–Kier alpha value is -1.28. The molecule has 65 valence electrons. The fraction of sp³-hybridized carbons (Fsp3) is 0.100. The van der Waals surface area contributed by atoms with Crippen molar-refractivity contribution in [1.82, 2.24) is 4.98 Å². The maximum Gasteiger partial charge on any atom is 0.226 e. The van der Waals surface area contributed by atoms with Gasteiger partial charge in [0, 0.05) is 10.6 Å². The van der Waals surface area contributed by atoms with Gasteiger partial charge in [0.1, 0.15) is 12.0 Å². The van der Waals surface area contributed by atoms with E-state index >= 15 is 0 Å². The molecule has 3 heteroatoms. The molecule has 1 radical (unpaired) electrons. The molecule has 1 aromatic heterocycles. The summed E-state index contributed by atoms with van der Waals surface area (Å²) in [6.07, 6.45) is 2.73. The molecule has 0 aliphatic heterocycles. The Labute approximate surface area is 81.2 Å². The van der Waals surface area contributed by atoms with Gasteiger partial charge in [-0.05, 0) is 31.2 Å². The molecule has 2 aromatic rings. The molecule has 0 amide bonds. The number of aryl methyl sites for hydroxylation is 1. The molecule has 13 heavy (non-hydrogen) atoms. The molecule has 0 fully saturated rings. The number of benzene rings is 1. The number of oxazole rings is 1. The Bertz CT molecular complexity index is 405. The quantitative estimate of drug-likeness (QED) is 0.694. The van der Waals surface area contributed by atoms with Crippen LogP contribution in [0.15, 0.2) is 28.7 Å². The van der Waals surface area contributed by atoms with E-state index < -0.39 is 0 Å². The third kappa shape index (κ3) is 1.73. The molecule has 0 N–H and O–H groups in total. The van der Waals surface area contributed by atoms with E-state index in [9.17, 15) is 0 Å². The SMILES string of the molecule is Cc1[c]nc(-c2ccc(Cl)cc2)o1. The number of rotatable bonds is 1. The molecule has 0 aliphatic carbocycles. The van der Waals surface area contributed by atoms with Crippen LogP contribution in [0, 0.1) is 13.1 Å². The highest BCUT2D eigenvalue weighted by Gasteiger charge is 2.03. The van der Waals surface area contributed by atoms with Gasteiger partial charge in [0.05, 0.1) is 0 Å². The number of hydrogen-bond donors (Lipinski definition) is 0. The second kappa shape index (κ2) is 3.23. The third-order valence-corrected chi connectivity index (χ3v) is 1.91. The van der Waals surface area contributed by atoms with Crippen molar-refractivity contribution in [2.75, 3.05) is 0 Å². The lowest BCUT2D eigenvalue weighted by Gasteiger charge is -1.94. The molecule has 2 rings (SSSR count). The van der Waals surface area contributed by atoms with Gasteiger partial charge in [-0.1, -0.05) is 11.6 Å². The van der Waals surface area contributed by atoms with Crippen LogP contribution in [0.1, 0.15) is 5.76 Å². The fourth-order valence-electron chi connectivity index (χ4n) is 1.04. The maximum absolute atomic E-state index is 5.75. The van der Waals surface area contributed by atoms with Crippen molar-refractivity contribution in [1.29, 1.82) is 0 Å². The molecule has 0 saturated carbocycles. The van der Waals surface area contributed by atoms with E-state index in [-0.39, 0.29) is 0 Å². The van der Waals surface area contributed by atoms with Crippen molar-refractivity contribution >= 4 is 11.6 Å². The molecular formula is C10H7ClNO. The van der Waals surface area contributed by atoms with Crippen LogP contribution in [0.5, 0.6) is 0 Å². The molecule has 1 aromatic carbocycles. The molecule has 0 unspecified atom stereocenters. The van der Waals surface area contributed by atoms with Gasteiger partial charge in [-0.25, -0.2) is 4.98 Å². The van der Waals surface area contributed by atoms with Crippen LogP contribution in [-0.4, -0.2) is 4.98 Å². The van der Waals surface area contributed by atoms with Crippen molar-refractivity contribution in [2.45, 2.75) is 6.92 Å².